The second kappa shape index (κ2) is 8.38. The first-order valence-electron chi connectivity index (χ1n) is 6.46. The van der Waals surface area contributed by atoms with Gasteiger partial charge in [-0.25, -0.2) is 0 Å². The summed E-state index contributed by atoms with van der Waals surface area (Å²) in [6.45, 7) is 10.1. The number of halogens is 1. The summed E-state index contributed by atoms with van der Waals surface area (Å²) in [6.07, 6.45) is 1.51. The van der Waals surface area contributed by atoms with Gasteiger partial charge in [0.25, 0.3) is 0 Å². The van der Waals surface area contributed by atoms with Gasteiger partial charge in [0.05, 0.1) is 5.54 Å². The molecular formula is C13H28ClN3O2. The quantitative estimate of drug-likeness (QED) is 0.644. The fourth-order valence-electron chi connectivity index (χ4n) is 1.45. The Labute approximate surface area is 122 Å². The van der Waals surface area contributed by atoms with Crippen LogP contribution in [-0.2, 0) is 9.59 Å². The van der Waals surface area contributed by atoms with Crippen LogP contribution in [-0.4, -0.2) is 30.4 Å². The summed E-state index contributed by atoms with van der Waals surface area (Å²) >= 11 is 0. The first kappa shape index (κ1) is 20.5. The van der Waals surface area contributed by atoms with E-state index in [4.69, 9.17) is 5.73 Å². The van der Waals surface area contributed by atoms with E-state index in [-0.39, 0.29) is 24.2 Å². The molecule has 0 bridgehead atoms. The molecule has 2 amide bonds. The highest BCUT2D eigenvalue weighted by atomic mass is 35.5. The van der Waals surface area contributed by atoms with Gasteiger partial charge in [-0.15, -0.1) is 12.4 Å². The first-order chi connectivity index (χ1) is 8.11. The van der Waals surface area contributed by atoms with E-state index in [9.17, 15) is 9.59 Å². The van der Waals surface area contributed by atoms with Gasteiger partial charge in [0.15, 0.2) is 0 Å². The number of nitrogens with two attached hydrogens (primary N) is 1. The lowest BCUT2D eigenvalue weighted by atomic mass is 9.95. The third-order valence-electron chi connectivity index (χ3n) is 2.67. The van der Waals surface area contributed by atoms with Crippen molar-refractivity contribution >= 4 is 24.2 Å². The van der Waals surface area contributed by atoms with E-state index >= 15 is 0 Å². The van der Waals surface area contributed by atoms with Crippen LogP contribution in [0.5, 0.6) is 0 Å². The molecule has 0 radical (unpaired) electrons. The molecule has 5 nitrogen and oxygen atoms in total. The maximum atomic E-state index is 11.7. The molecule has 0 aromatic rings. The Morgan fingerprint density at radius 3 is 1.79 bits per heavy atom. The molecule has 0 saturated heterocycles. The van der Waals surface area contributed by atoms with E-state index in [1.807, 2.05) is 27.7 Å². The van der Waals surface area contributed by atoms with Gasteiger partial charge in [-0.05, 0) is 13.3 Å². The highest BCUT2D eigenvalue weighted by Gasteiger charge is 2.26. The monoisotopic (exact) mass is 293 g/mol. The van der Waals surface area contributed by atoms with E-state index in [0.29, 0.717) is 19.5 Å². The summed E-state index contributed by atoms with van der Waals surface area (Å²) < 4.78 is 0. The van der Waals surface area contributed by atoms with E-state index in [1.54, 1.807) is 6.92 Å². The van der Waals surface area contributed by atoms with Gasteiger partial charge in [-0.3, -0.25) is 9.59 Å². The van der Waals surface area contributed by atoms with Gasteiger partial charge in [0.1, 0.15) is 0 Å². The largest absolute Gasteiger partial charge is 0.354 e. The molecule has 0 rings (SSSR count). The smallest absolute Gasteiger partial charge is 0.239 e. The van der Waals surface area contributed by atoms with Crippen LogP contribution >= 0.6 is 12.4 Å². The molecule has 0 aromatic heterocycles. The number of carbonyl (C=O) groups is 2. The lowest BCUT2D eigenvalue weighted by Crippen LogP contribution is -2.52. The third kappa shape index (κ3) is 8.06. The van der Waals surface area contributed by atoms with E-state index in [1.165, 1.54) is 0 Å². The molecule has 0 aliphatic carbocycles. The van der Waals surface area contributed by atoms with E-state index in [2.05, 4.69) is 10.6 Å². The summed E-state index contributed by atoms with van der Waals surface area (Å²) in [6, 6.07) is 0. The number of amides is 2. The Morgan fingerprint density at radius 2 is 1.42 bits per heavy atom. The maximum Gasteiger partial charge on any atom is 0.239 e. The number of rotatable bonds is 6. The lowest BCUT2D eigenvalue weighted by Gasteiger charge is -2.23. The van der Waals surface area contributed by atoms with Crippen molar-refractivity contribution in [2.75, 3.05) is 13.1 Å². The number of carbonyl (C=O) groups excluding carboxylic acids is 2. The van der Waals surface area contributed by atoms with Crippen molar-refractivity contribution in [1.82, 2.24) is 10.6 Å². The van der Waals surface area contributed by atoms with Crippen molar-refractivity contribution in [3.63, 3.8) is 0 Å². The fourth-order valence-corrected chi connectivity index (χ4v) is 1.45. The molecule has 1 unspecified atom stereocenters. The highest BCUT2D eigenvalue weighted by Crippen LogP contribution is 2.12. The van der Waals surface area contributed by atoms with Gasteiger partial charge in [0, 0.05) is 18.5 Å². The Balaban J connectivity index is 0. The Hall–Kier alpha value is -0.810. The van der Waals surface area contributed by atoms with Crippen LogP contribution in [0.2, 0.25) is 0 Å². The molecule has 0 saturated carbocycles. The lowest BCUT2D eigenvalue weighted by molar-refractivity contribution is -0.129. The van der Waals surface area contributed by atoms with E-state index in [0.717, 1.165) is 6.42 Å². The van der Waals surface area contributed by atoms with E-state index < -0.39 is 11.0 Å². The second-order valence-electron chi connectivity index (χ2n) is 5.93. The summed E-state index contributed by atoms with van der Waals surface area (Å²) in [5.41, 5.74) is 4.64. The normalized spacial score (nSPS) is 14.0. The summed E-state index contributed by atoms with van der Waals surface area (Å²) in [4.78, 5) is 23.3. The summed E-state index contributed by atoms with van der Waals surface area (Å²) in [5, 5.41) is 5.50. The van der Waals surface area contributed by atoms with Crippen molar-refractivity contribution in [3.05, 3.63) is 0 Å². The highest BCUT2D eigenvalue weighted by molar-refractivity contribution is 5.86. The zero-order chi connectivity index (χ0) is 14.4. The van der Waals surface area contributed by atoms with Gasteiger partial charge in [-0.1, -0.05) is 34.1 Å². The van der Waals surface area contributed by atoms with Crippen LogP contribution in [0.15, 0.2) is 0 Å². The van der Waals surface area contributed by atoms with Crippen LogP contribution in [0, 0.1) is 5.41 Å². The predicted molar refractivity (Wildman–Crippen MR) is 80.2 cm³/mol. The van der Waals surface area contributed by atoms with Crippen LogP contribution in [0.1, 0.15) is 47.5 Å². The van der Waals surface area contributed by atoms with Crippen molar-refractivity contribution in [2.45, 2.75) is 53.0 Å². The Morgan fingerprint density at radius 1 is 1.00 bits per heavy atom. The zero-order valence-electron chi connectivity index (χ0n) is 12.6. The minimum absolute atomic E-state index is 0. The molecule has 114 valence electrons. The Bertz CT molecular complexity index is 299. The minimum atomic E-state index is -0.831. The summed E-state index contributed by atoms with van der Waals surface area (Å²) in [7, 11) is 0. The third-order valence-corrected chi connectivity index (χ3v) is 2.67. The fraction of sp³-hybridized carbons (Fsp3) is 0.846. The molecule has 0 aliphatic rings. The van der Waals surface area contributed by atoms with Crippen LogP contribution in [0.3, 0.4) is 0 Å². The number of hydrogen-bond acceptors (Lipinski definition) is 3. The summed E-state index contributed by atoms with van der Waals surface area (Å²) in [5.74, 6) is -0.199. The Kier molecular flexibility index (Phi) is 9.04. The van der Waals surface area contributed by atoms with Crippen molar-refractivity contribution in [1.29, 1.82) is 0 Å². The zero-order valence-corrected chi connectivity index (χ0v) is 13.4. The molecule has 1 atom stereocenters. The van der Waals surface area contributed by atoms with Crippen molar-refractivity contribution in [3.8, 4) is 0 Å². The van der Waals surface area contributed by atoms with Crippen LogP contribution < -0.4 is 16.4 Å². The molecule has 0 aromatic carbocycles. The van der Waals surface area contributed by atoms with Gasteiger partial charge >= 0.3 is 0 Å². The molecule has 4 N–H and O–H groups in total. The average molecular weight is 294 g/mol. The number of hydrogen-bond donors (Lipinski definition) is 3. The maximum absolute atomic E-state index is 11.7. The predicted octanol–water partition coefficient (Wildman–Crippen LogP) is 1.20. The molecule has 0 heterocycles. The van der Waals surface area contributed by atoms with Gasteiger partial charge in [-0.2, -0.15) is 0 Å². The standard InChI is InChI=1S/C13H27N3O2.ClH/c1-6-7-13(5,14)11(18)16-9-8-15-10(17)12(2,3)4;/h6-9,14H2,1-5H3,(H,15,17)(H,16,18);1H. The van der Waals surface area contributed by atoms with Gasteiger partial charge in [0.2, 0.25) is 11.8 Å². The molecule has 0 spiro atoms. The SMILES string of the molecule is CCCC(C)(N)C(=O)NCCNC(=O)C(C)(C)C.Cl. The van der Waals surface area contributed by atoms with Gasteiger partial charge < -0.3 is 16.4 Å². The molecule has 6 heteroatoms. The minimum Gasteiger partial charge on any atom is -0.354 e. The average Bonchev–Trinajstić information content (AvgIpc) is 2.22. The van der Waals surface area contributed by atoms with Crippen LogP contribution in [0.4, 0.5) is 0 Å². The first-order valence-corrected chi connectivity index (χ1v) is 6.46. The van der Waals surface area contributed by atoms with Crippen molar-refractivity contribution < 1.29 is 9.59 Å². The second-order valence-corrected chi connectivity index (χ2v) is 5.93. The molecule has 0 fully saturated rings. The van der Waals surface area contributed by atoms with Crippen molar-refractivity contribution in [2.24, 2.45) is 11.1 Å². The topological polar surface area (TPSA) is 84.2 Å². The molecule has 19 heavy (non-hydrogen) atoms. The molecular weight excluding hydrogens is 266 g/mol. The number of nitrogens with one attached hydrogen (secondary N) is 2. The molecule has 0 aliphatic heterocycles. The van der Waals surface area contributed by atoms with Crippen LogP contribution in [0.25, 0.3) is 0 Å².